The van der Waals surface area contributed by atoms with Crippen LogP contribution in [0.15, 0.2) is 24.3 Å². The van der Waals surface area contributed by atoms with Gasteiger partial charge in [-0.3, -0.25) is 9.69 Å². The predicted molar refractivity (Wildman–Crippen MR) is 96.2 cm³/mol. The number of hydrogen-bond donors (Lipinski definition) is 2. The summed E-state index contributed by atoms with van der Waals surface area (Å²) in [6.45, 7) is 6.33. The number of hydrogen-bond acceptors (Lipinski definition) is 3. The Morgan fingerprint density at radius 1 is 1.28 bits per heavy atom. The third-order valence-corrected chi connectivity index (χ3v) is 5.49. The van der Waals surface area contributed by atoms with Crippen molar-refractivity contribution in [2.75, 3.05) is 6.54 Å². The molecule has 0 radical (unpaired) electrons. The van der Waals surface area contributed by atoms with Crippen molar-refractivity contribution >= 4 is 23.5 Å². The summed E-state index contributed by atoms with van der Waals surface area (Å²) in [6.07, 6.45) is 1.37. The largest absolute Gasteiger partial charge is 0.387 e. The van der Waals surface area contributed by atoms with E-state index in [0.29, 0.717) is 29.3 Å². The van der Waals surface area contributed by atoms with E-state index >= 15 is 0 Å². The van der Waals surface area contributed by atoms with Crippen molar-refractivity contribution in [3.8, 4) is 0 Å². The normalized spacial score (nSPS) is 29.8. The molecule has 2 N–H and O–H groups in total. The summed E-state index contributed by atoms with van der Waals surface area (Å²) in [5.74, 6) is 0.138. The molecule has 1 saturated heterocycles. The minimum Gasteiger partial charge on any atom is -0.387 e. The van der Waals surface area contributed by atoms with Crippen molar-refractivity contribution in [3.63, 3.8) is 0 Å². The first-order valence-corrected chi connectivity index (χ1v) is 9.07. The average molecular weight is 365 g/mol. The quantitative estimate of drug-likeness (QED) is 0.806. The van der Waals surface area contributed by atoms with E-state index < -0.39 is 17.7 Å². The zero-order valence-electron chi connectivity index (χ0n) is 14.9. The molecule has 1 aromatic carbocycles. The number of benzene rings is 1. The molecule has 1 heterocycles. The lowest BCUT2D eigenvalue weighted by molar-refractivity contribution is -0.135. The second-order valence-electron chi connectivity index (χ2n) is 8.35. The van der Waals surface area contributed by atoms with Gasteiger partial charge >= 0.3 is 6.03 Å². The molecule has 1 aliphatic heterocycles. The van der Waals surface area contributed by atoms with Gasteiger partial charge in [-0.1, -0.05) is 44.5 Å². The summed E-state index contributed by atoms with van der Waals surface area (Å²) >= 11 is 5.86. The van der Waals surface area contributed by atoms with Crippen molar-refractivity contribution in [1.29, 1.82) is 0 Å². The zero-order chi connectivity index (χ0) is 18.4. The fraction of sp³-hybridized carbons (Fsp3) is 0.579. The van der Waals surface area contributed by atoms with E-state index in [4.69, 9.17) is 11.6 Å². The van der Waals surface area contributed by atoms with E-state index in [0.717, 1.165) is 11.3 Å². The molecule has 0 unspecified atom stereocenters. The Kier molecular flexibility index (Phi) is 4.58. The summed E-state index contributed by atoms with van der Waals surface area (Å²) in [6, 6.07) is 6.35. The molecule has 0 bridgehead atoms. The zero-order valence-corrected chi connectivity index (χ0v) is 15.6. The van der Waals surface area contributed by atoms with Crippen molar-refractivity contribution in [2.45, 2.75) is 51.7 Å². The number of β-amino-alcohol motifs (C(OH)–C–C–N with tert-alkyl or cyclic N) is 1. The van der Waals surface area contributed by atoms with Crippen LogP contribution in [-0.2, 0) is 4.79 Å². The van der Waals surface area contributed by atoms with Gasteiger partial charge < -0.3 is 10.4 Å². The first-order valence-electron chi connectivity index (χ1n) is 8.70. The van der Waals surface area contributed by atoms with Gasteiger partial charge in [-0.25, -0.2) is 4.79 Å². The predicted octanol–water partition coefficient (Wildman–Crippen LogP) is 3.51. The van der Waals surface area contributed by atoms with E-state index in [9.17, 15) is 14.7 Å². The molecule has 3 atom stereocenters. The van der Waals surface area contributed by atoms with Crippen LogP contribution in [0.1, 0.15) is 51.7 Å². The smallest absolute Gasteiger partial charge is 0.325 e. The maximum atomic E-state index is 13.1. The molecule has 3 amide bonds. The number of aliphatic hydroxyl groups excluding tert-OH is 1. The third-order valence-electron chi connectivity index (χ3n) is 5.23. The van der Waals surface area contributed by atoms with Gasteiger partial charge in [0, 0.05) is 5.02 Å². The second kappa shape index (κ2) is 6.29. The van der Waals surface area contributed by atoms with Crippen LogP contribution in [0.2, 0.25) is 5.02 Å². The van der Waals surface area contributed by atoms with Gasteiger partial charge in [0.25, 0.3) is 5.91 Å². The Labute approximate surface area is 153 Å². The summed E-state index contributed by atoms with van der Waals surface area (Å²) in [7, 11) is 0. The molecular weight excluding hydrogens is 340 g/mol. The SMILES string of the molecule is C[C@@H]1CC(C)(C)C[C@]2(C1)NC(=O)N(C[C@@H](O)c1ccc(Cl)cc1)C2=O. The highest BCUT2D eigenvalue weighted by atomic mass is 35.5. The number of rotatable bonds is 3. The monoisotopic (exact) mass is 364 g/mol. The maximum Gasteiger partial charge on any atom is 0.325 e. The number of nitrogens with one attached hydrogen (secondary N) is 1. The van der Waals surface area contributed by atoms with Gasteiger partial charge in [0.2, 0.25) is 0 Å². The van der Waals surface area contributed by atoms with Gasteiger partial charge in [-0.05, 0) is 48.3 Å². The Bertz CT molecular complexity index is 688. The Morgan fingerprint density at radius 2 is 1.92 bits per heavy atom. The molecule has 1 saturated carbocycles. The maximum absolute atomic E-state index is 13.1. The van der Waals surface area contributed by atoms with Crippen molar-refractivity contribution in [2.24, 2.45) is 11.3 Å². The first kappa shape index (κ1) is 18.2. The lowest BCUT2D eigenvalue weighted by Crippen LogP contribution is -2.54. The van der Waals surface area contributed by atoms with Crippen LogP contribution < -0.4 is 5.32 Å². The molecule has 2 aliphatic rings. The number of carbonyl (C=O) groups excluding carboxylic acids is 2. The van der Waals surface area contributed by atoms with Crippen molar-refractivity contribution < 1.29 is 14.7 Å². The van der Waals surface area contributed by atoms with Crippen LogP contribution in [0.3, 0.4) is 0 Å². The molecule has 1 aromatic rings. The van der Waals surface area contributed by atoms with Crippen LogP contribution >= 0.6 is 11.6 Å². The van der Waals surface area contributed by atoms with Crippen LogP contribution in [0, 0.1) is 11.3 Å². The molecule has 3 rings (SSSR count). The second-order valence-corrected chi connectivity index (χ2v) is 8.79. The van der Waals surface area contributed by atoms with Crippen LogP contribution in [0.25, 0.3) is 0 Å². The third kappa shape index (κ3) is 3.53. The molecule has 6 heteroatoms. The lowest BCUT2D eigenvalue weighted by atomic mass is 9.64. The molecule has 1 aliphatic carbocycles. The van der Waals surface area contributed by atoms with Crippen molar-refractivity contribution in [3.05, 3.63) is 34.9 Å². The van der Waals surface area contributed by atoms with E-state index in [-0.39, 0.29) is 17.9 Å². The fourth-order valence-corrected chi connectivity index (χ4v) is 4.76. The molecule has 136 valence electrons. The minimum atomic E-state index is -0.934. The number of amides is 3. The number of aliphatic hydroxyl groups is 1. The summed E-state index contributed by atoms with van der Waals surface area (Å²) in [4.78, 5) is 26.7. The lowest BCUT2D eigenvalue weighted by Gasteiger charge is -2.43. The number of imide groups is 1. The number of nitrogens with zero attached hydrogens (tertiary/aromatic N) is 1. The molecule has 1 spiro atoms. The highest BCUT2D eigenvalue weighted by Gasteiger charge is 2.56. The highest BCUT2D eigenvalue weighted by Crippen LogP contribution is 2.46. The Balaban J connectivity index is 1.78. The highest BCUT2D eigenvalue weighted by molar-refractivity contribution is 6.30. The summed E-state index contributed by atoms with van der Waals surface area (Å²) in [5.41, 5.74) is -0.216. The van der Waals surface area contributed by atoms with Gasteiger partial charge in [0.05, 0.1) is 12.6 Å². The Hall–Kier alpha value is -1.59. The molecule has 25 heavy (non-hydrogen) atoms. The van der Waals surface area contributed by atoms with Crippen LogP contribution in [0.5, 0.6) is 0 Å². The van der Waals surface area contributed by atoms with E-state index in [1.54, 1.807) is 24.3 Å². The van der Waals surface area contributed by atoms with E-state index in [1.807, 2.05) is 0 Å². The van der Waals surface area contributed by atoms with E-state index in [2.05, 4.69) is 26.1 Å². The molecule has 5 nitrogen and oxygen atoms in total. The summed E-state index contributed by atoms with van der Waals surface area (Å²) < 4.78 is 0. The average Bonchev–Trinajstić information content (AvgIpc) is 2.69. The van der Waals surface area contributed by atoms with Gasteiger partial charge in [-0.15, -0.1) is 0 Å². The van der Waals surface area contributed by atoms with E-state index in [1.165, 1.54) is 0 Å². The van der Waals surface area contributed by atoms with Gasteiger partial charge in [0.1, 0.15) is 5.54 Å². The Morgan fingerprint density at radius 3 is 2.52 bits per heavy atom. The summed E-state index contributed by atoms with van der Waals surface area (Å²) in [5, 5.41) is 13.9. The topological polar surface area (TPSA) is 69.6 Å². The van der Waals surface area contributed by atoms with Crippen LogP contribution in [-0.4, -0.2) is 34.0 Å². The number of urea groups is 1. The van der Waals surface area contributed by atoms with Crippen LogP contribution in [0.4, 0.5) is 4.79 Å². The van der Waals surface area contributed by atoms with Crippen molar-refractivity contribution in [1.82, 2.24) is 10.2 Å². The van der Waals surface area contributed by atoms with Gasteiger partial charge in [-0.2, -0.15) is 0 Å². The number of carbonyl (C=O) groups is 2. The first-order chi connectivity index (χ1) is 11.6. The minimum absolute atomic E-state index is 0.00852. The molecule has 0 aromatic heterocycles. The standard InChI is InChI=1S/C19H25ClN2O3/c1-12-8-18(2,3)11-19(9-12)16(24)22(17(25)21-19)10-15(23)13-4-6-14(20)7-5-13/h4-7,12,15,23H,8-11H2,1-3H3,(H,21,25)/t12-,15-,19+/m1/s1. The van der Waals surface area contributed by atoms with Gasteiger partial charge in [0.15, 0.2) is 0 Å². The number of halogens is 1. The molecule has 2 fully saturated rings. The fourth-order valence-electron chi connectivity index (χ4n) is 4.64. The molecular formula is C19H25ClN2O3.